The summed E-state index contributed by atoms with van der Waals surface area (Å²) in [6.45, 7) is 2.25. The molecule has 0 bridgehead atoms. The molecule has 3 amide bonds. The SMILES string of the molecule is CC(C(=O)N1CCC(NS(=O)(=O)c2cccs2)CC1)N1C(=O)c2ccccc2C1=O. The summed E-state index contributed by atoms with van der Waals surface area (Å²) in [6, 6.07) is 8.57. The maximum absolute atomic E-state index is 12.9. The lowest BCUT2D eigenvalue weighted by Gasteiger charge is -2.35. The van der Waals surface area contributed by atoms with Gasteiger partial charge in [0.2, 0.25) is 15.9 Å². The van der Waals surface area contributed by atoms with Crippen molar-refractivity contribution in [2.45, 2.75) is 36.1 Å². The number of piperidine rings is 1. The highest BCUT2D eigenvalue weighted by Crippen LogP contribution is 2.26. The van der Waals surface area contributed by atoms with Gasteiger partial charge in [-0.25, -0.2) is 13.1 Å². The Balaban J connectivity index is 1.38. The molecule has 0 aliphatic carbocycles. The van der Waals surface area contributed by atoms with Gasteiger partial charge in [-0.2, -0.15) is 0 Å². The van der Waals surface area contributed by atoms with E-state index in [2.05, 4.69) is 4.72 Å². The van der Waals surface area contributed by atoms with E-state index >= 15 is 0 Å². The zero-order valence-corrected chi connectivity index (χ0v) is 17.9. The van der Waals surface area contributed by atoms with Gasteiger partial charge in [-0.05, 0) is 43.3 Å². The summed E-state index contributed by atoms with van der Waals surface area (Å²) in [7, 11) is -3.56. The number of amides is 3. The quantitative estimate of drug-likeness (QED) is 0.703. The van der Waals surface area contributed by atoms with Crippen LogP contribution in [0.5, 0.6) is 0 Å². The zero-order chi connectivity index (χ0) is 21.5. The molecule has 1 atom stereocenters. The zero-order valence-electron chi connectivity index (χ0n) is 16.3. The molecule has 2 aliphatic heterocycles. The van der Waals surface area contributed by atoms with Crippen LogP contribution in [-0.4, -0.2) is 61.1 Å². The van der Waals surface area contributed by atoms with Crippen molar-refractivity contribution in [3.05, 3.63) is 52.9 Å². The number of hydrogen-bond acceptors (Lipinski definition) is 6. The Kier molecular flexibility index (Phi) is 5.48. The highest BCUT2D eigenvalue weighted by molar-refractivity contribution is 7.91. The highest BCUT2D eigenvalue weighted by Gasteiger charge is 2.42. The standard InChI is InChI=1S/C20H21N3O5S2/c1-13(23-19(25)15-5-2-3-6-16(15)20(23)26)18(24)22-10-8-14(9-11-22)21-30(27,28)17-7-4-12-29-17/h2-7,12-14,21H,8-11H2,1H3. The summed E-state index contributed by atoms with van der Waals surface area (Å²) in [5.74, 6) is -1.24. The smallest absolute Gasteiger partial charge is 0.262 e. The Morgan fingerprint density at radius 3 is 2.20 bits per heavy atom. The molecular formula is C20H21N3O5S2. The monoisotopic (exact) mass is 447 g/mol. The van der Waals surface area contributed by atoms with Crippen LogP contribution in [0.25, 0.3) is 0 Å². The van der Waals surface area contributed by atoms with Crippen molar-refractivity contribution >= 4 is 39.1 Å². The van der Waals surface area contributed by atoms with E-state index in [1.54, 1.807) is 53.6 Å². The number of hydrogen-bond donors (Lipinski definition) is 1. The first-order chi connectivity index (χ1) is 14.3. The second kappa shape index (κ2) is 7.93. The molecule has 1 N–H and O–H groups in total. The van der Waals surface area contributed by atoms with E-state index in [1.807, 2.05) is 0 Å². The summed E-state index contributed by atoms with van der Waals surface area (Å²) in [4.78, 5) is 40.8. The third-order valence-corrected chi connectivity index (χ3v) is 8.38. The number of nitrogens with zero attached hydrogens (tertiary/aromatic N) is 2. The van der Waals surface area contributed by atoms with Gasteiger partial charge >= 0.3 is 0 Å². The van der Waals surface area contributed by atoms with Crippen LogP contribution < -0.4 is 4.72 Å². The minimum absolute atomic E-state index is 0.264. The maximum atomic E-state index is 12.9. The lowest BCUT2D eigenvalue weighted by Crippen LogP contribution is -2.53. The van der Waals surface area contributed by atoms with Gasteiger partial charge in [0.1, 0.15) is 10.3 Å². The van der Waals surface area contributed by atoms with Gasteiger partial charge in [0.25, 0.3) is 11.8 Å². The Morgan fingerprint density at radius 2 is 1.67 bits per heavy atom. The Morgan fingerprint density at radius 1 is 1.07 bits per heavy atom. The average Bonchev–Trinajstić information content (AvgIpc) is 3.36. The van der Waals surface area contributed by atoms with Gasteiger partial charge in [-0.1, -0.05) is 18.2 Å². The summed E-state index contributed by atoms with van der Waals surface area (Å²) in [5, 5.41) is 1.70. The molecule has 2 aromatic rings. The van der Waals surface area contributed by atoms with Crippen LogP contribution in [0, 0.1) is 0 Å². The molecule has 1 fully saturated rings. The number of imide groups is 1. The van der Waals surface area contributed by atoms with Crippen LogP contribution >= 0.6 is 11.3 Å². The van der Waals surface area contributed by atoms with E-state index in [0.29, 0.717) is 37.1 Å². The van der Waals surface area contributed by atoms with E-state index < -0.39 is 27.9 Å². The predicted molar refractivity (Wildman–Crippen MR) is 111 cm³/mol. The molecule has 8 nitrogen and oxygen atoms in total. The van der Waals surface area contributed by atoms with Gasteiger partial charge in [0.05, 0.1) is 11.1 Å². The highest BCUT2D eigenvalue weighted by atomic mass is 32.2. The van der Waals surface area contributed by atoms with Gasteiger partial charge < -0.3 is 4.90 Å². The van der Waals surface area contributed by atoms with Crippen molar-refractivity contribution in [3.8, 4) is 0 Å². The van der Waals surface area contributed by atoms with Crippen molar-refractivity contribution in [1.82, 2.24) is 14.5 Å². The minimum atomic E-state index is -3.56. The molecule has 158 valence electrons. The molecule has 10 heteroatoms. The number of carbonyl (C=O) groups is 3. The van der Waals surface area contributed by atoms with Gasteiger partial charge in [-0.15, -0.1) is 11.3 Å². The average molecular weight is 448 g/mol. The summed E-state index contributed by atoms with van der Waals surface area (Å²) < 4.78 is 27.7. The number of likely N-dealkylation sites (tertiary alicyclic amines) is 1. The van der Waals surface area contributed by atoms with Crippen LogP contribution in [0.1, 0.15) is 40.5 Å². The first-order valence-corrected chi connectivity index (χ1v) is 12.0. The van der Waals surface area contributed by atoms with Crippen molar-refractivity contribution in [2.24, 2.45) is 0 Å². The Hall–Kier alpha value is -2.56. The van der Waals surface area contributed by atoms with Crippen LogP contribution in [0.15, 0.2) is 46.0 Å². The van der Waals surface area contributed by atoms with Gasteiger partial charge in [0, 0.05) is 19.1 Å². The molecule has 1 saturated heterocycles. The van der Waals surface area contributed by atoms with E-state index in [-0.39, 0.29) is 16.2 Å². The summed E-state index contributed by atoms with van der Waals surface area (Å²) in [6.07, 6.45) is 0.927. The van der Waals surface area contributed by atoms with Crippen molar-refractivity contribution < 1.29 is 22.8 Å². The van der Waals surface area contributed by atoms with Crippen LogP contribution in [0.4, 0.5) is 0 Å². The van der Waals surface area contributed by atoms with Gasteiger partial charge in [0.15, 0.2) is 0 Å². The molecule has 2 aliphatic rings. The number of rotatable bonds is 5. The molecule has 30 heavy (non-hydrogen) atoms. The van der Waals surface area contributed by atoms with Crippen LogP contribution in [0.3, 0.4) is 0 Å². The fourth-order valence-electron chi connectivity index (χ4n) is 3.85. The van der Waals surface area contributed by atoms with Crippen LogP contribution in [0.2, 0.25) is 0 Å². The van der Waals surface area contributed by atoms with E-state index in [0.717, 1.165) is 16.2 Å². The molecule has 3 heterocycles. The van der Waals surface area contributed by atoms with Gasteiger partial charge in [-0.3, -0.25) is 19.3 Å². The molecule has 1 aromatic heterocycles. The molecule has 1 unspecified atom stereocenters. The molecule has 0 radical (unpaired) electrons. The largest absolute Gasteiger partial charge is 0.341 e. The third-order valence-electron chi connectivity index (χ3n) is 5.46. The van der Waals surface area contributed by atoms with E-state index in [1.165, 1.54) is 0 Å². The number of nitrogens with one attached hydrogen (secondary N) is 1. The number of carbonyl (C=O) groups excluding carboxylic acids is 3. The number of thiophene rings is 1. The van der Waals surface area contributed by atoms with Crippen molar-refractivity contribution in [1.29, 1.82) is 0 Å². The molecule has 4 rings (SSSR count). The first-order valence-electron chi connectivity index (χ1n) is 9.61. The number of benzene rings is 1. The van der Waals surface area contributed by atoms with Crippen LogP contribution in [-0.2, 0) is 14.8 Å². The lowest BCUT2D eigenvalue weighted by molar-refractivity contribution is -0.136. The topological polar surface area (TPSA) is 104 Å². The molecular weight excluding hydrogens is 426 g/mol. The lowest BCUT2D eigenvalue weighted by atomic mass is 10.1. The van der Waals surface area contributed by atoms with Crippen molar-refractivity contribution in [3.63, 3.8) is 0 Å². The molecule has 0 saturated carbocycles. The van der Waals surface area contributed by atoms with E-state index in [9.17, 15) is 22.8 Å². The Labute approximate surface area is 178 Å². The summed E-state index contributed by atoms with van der Waals surface area (Å²) >= 11 is 1.15. The normalized spacial score (nSPS) is 18.6. The molecule has 0 spiro atoms. The van der Waals surface area contributed by atoms with E-state index in [4.69, 9.17) is 0 Å². The fraction of sp³-hybridized carbons (Fsp3) is 0.350. The van der Waals surface area contributed by atoms with Crippen molar-refractivity contribution in [2.75, 3.05) is 13.1 Å². The number of fused-ring (bicyclic) bond motifs is 1. The third kappa shape index (κ3) is 3.66. The number of sulfonamides is 1. The second-order valence-corrected chi connectivity index (χ2v) is 10.2. The fourth-order valence-corrected chi connectivity index (χ4v) is 6.16. The predicted octanol–water partition coefficient (Wildman–Crippen LogP) is 1.70. The molecule has 1 aromatic carbocycles. The maximum Gasteiger partial charge on any atom is 0.262 e. The Bertz CT molecular complexity index is 1050. The second-order valence-electron chi connectivity index (χ2n) is 7.35. The first kappa shape index (κ1) is 20.7. The minimum Gasteiger partial charge on any atom is -0.341 e. The summed E-state index contributed by atoms with van der Waals surface area (Å²) in [5.41, 5.74) is 0.618.